The van der Waals surface area contributed by atoms with E-state index in [0.717, 1.165) is 53.9 Å². The van der Waals surface area contributed by atoms with Crippen LogP contribution in [0.3, 0.4) is 0 Å². The van der Waals surface area contributed by atoms with Crippen LogP contribution in [0.5, 0.6) is 0 Å². The van der Waals surface area contributed by atoms with Gasteiger partial charge in [-0.15, -0.1) is 0 Å². The number of hydrogen-bond acceptors (Lipinski definition) is 3. The van der Waals surface area contributed by atoms with Gasteiger partial charge in [0.1, 0.15) is 0 Å². The second kappa shape index (κ2) is 7.92. The summed E-state index contributed by atoms with van der Waals surface area (Å²) in [4.78, 5) is 30.6. The van der Waals surface area contributed by atoms with E-state index in [4.69, 9.17) is 6.57 Å². The van der Waals surface area contributed by atoms with Crippen LogP contribution in [0.4, 0.5) is 11.4 Å². The predicted octanol–water partition coefficient (Wildman–Crippen LogP) is 4.49. The molecule has 2 aromatic carbocycles. The van der Waals surface area contributed by atoms with Crippen LogP contribution in [-0.2, 0) is 17.8 Å². The minimum Gasteiger partial charge on any atom is -0.371 e. The molecule has 4 rings (SSSR count). The molecule has 1 heterocycles. The van der Waals surface area contributed by atoms with E-state index < -0.39 is 0 Å². The van der Waals surface area contributed by atoms with Crippen LogP contribution >= 0.6 is 0 Å². The zero-order valence-electron chi connectivity index (χ0n) is 16.5. The van der Waals surface area contributed by atoms with Gasteiger partial charge < -0.3 is 15.1 Å². The molecule has 0 bridgehead atoms. The molecule has 2 aliphatic rings. The van der Waals surface area contributed by atoms with Crippen molar-refractivity contribution < 1.29 is 9.59 Å². The van der Waals surface area contributed by atoms with E-state index in [1.54, 1.807) is 6.08 Å². The van der Waals surface area contributed by atoms with Crippen LogP contribution in [-0.4, -0.2) is 24.8 Å². The van der Waals surface area contributed by atoms with E-state index in [1.165, 1.54) is 0 Å². The molecule has 1 N–H and O–H groups in total. The van der Waals surface area contributed by atoms with Crippen molar-refractivity contribution in [1.29, 1.82) is 0 Å². The molecular formula is C24H23N3O2. The fraction of sp³-hybridized carbons (Fsp3) is 0.292. The molecule has 5 nitrogen and oxygen atoms in total. The van der Waals surface area contributed by atoms with Crippen molar-refractivity contribution in [2.75, 3.05) is 23.3 Å². The van der Waals surface area contributed by atoms with E-state index in [0.29, 0.717) is 17.7 Å². The van der Waals surface area contributed by atoms with E-state index in [1.807, 2.05) is 43.3 Å². The van der Waals surface area contributed by atoms with Gasteiger partial charge in [0.2, 0.25) is 6.54 Å². The molecule has 1 aliphatic heterocycles. The van der Waals surface area contributed by atoms with Gasteiger partial charge in [0, 0.05) is 36.4 Å². The lowest BCUT2D eigenvalue weighted by molar-refractivity contribution is -0.114. The van der Waals surface area contributed by atoms with Crippen molar-refractivity contribution in [3.63, 3.8) is 0 Å². The van der Waals surface area contributed by atoms with Crippen molar-refractivity contribution in [2.24, 2.45) is 0 Å². The minimum absolute atomic E-state index is 0.110. The van der Waals surface area contributed by atoms with Gasteiger partial charge >= 0.3 is 0 Å². The highest BCUT2D eigenvalue weighted by molar-refractivity contribution is 6.09. The molecule has 2 aromatic rings. The molecular weight excluding hydrogens is 362 g/mol. The Bertz CT molecular complexity index is 1060. The van der Waals surface area contributed by atoms with Crippen molar-refractivity contribution in [3.05, 3.63) is 76.1 Å². The molecule has 1 fully saturated rings. The molecule has 1 saturated heterocycles. The fourth-order valence-corrected chi connectivity index (χ4v) is 4.12. The Morgan fingerprint density at radius 3 is 2.72 bits per heavy atom. The largest absolute Gasteiger partial charge is 0.371 e. The third-order valence-corrected chi connectivity index (χ3v) is 5.55. The van der Waals surface area contributed by atoms with Gasteiger partial charge in [-0.1, -0.05) is 6.07 Å². The quantitative estimate of drug-likeness (QED) is 0.789. The number of ketones is 1. The van der Waals surface area contributed by atoms with Gasteiger partial charge in [-0.25, -0.2) is 6.57 Å². The number of allylic oxidation sites excluding steroid dienone is 2. The van der Waals surface area contributed by atoms with Gasteiger partial charge in [-0.3, -0.25) is 9.59 Å². The summed E-state index contributed by atoms with van der Waals surface area (Å²) in [5, 5.41) is 3.02. The van der Waals surface area contributed by atoms with Crippen molar-refractivity contribution in [3.8, 4) is 0 Å². The third-order valence-electron chi connectivity index (χ3n) is 5.55. The van der Waals surface area contributed by atoms with Crippen LogP contribution in [0.15, 0.2) is 42.5 Å². The van der Waals surface area contributed by atoms with Crippen molar-refractivity contribution in [1.82, 2.24) is 0 Å². The molecule has 0 unspecified atom stereocenters. The van der Waals surface area contributed by atoms with Gasteiger partial charge in [0.25, 0.3) is 5.91 Å². The highest BCUT2D eigenvalue weighted by Crippen LogP contribution is 2.30. The maximum atomic E-state index is 13.2. The number of anilines is 2. The topological polar surface area (TPSA) is 53.8 Å². The molecule has 0 radical (unpaired) electrons. The van der Waals surface area contributed by atoms with Gasteiger partial charge in [0.05, 0.1) is 5.56 Å². The highest BCUT2D eigenvalue weighted by Gasteiger charge is 2.21. The first-order valence-corrected chi connectivity index (χ1v) is 9.92. The molecule has 5 heteroatoms. The predicted molar refractivity (Wildman–Crippen MR) is 115 cm³/mol. The number of nitrogens with zero attached hydrogens (tertiary/aromatic N) is 2. The molecule has 146 valence electrons. The van der Waals surface area contributed by atoms with Crippen LogP contribution < -0.4 is 10.2 Å². The lowest BCUT2D eigenvalue weighted by Gasteiger charge is -2.22. The highest BCUT2D eigenvalue weighted by atomic mass is 16.1. The van der Waals surface area contributed by atoms with Gasteiger partial charge in [-0.05, 0) is 72.9 Å². The monoisotopic (exact) mass is 385 g/mol. The van der Waals surface area contributed by atoms with Crippen LogP contribution in [0.1, 0.15) is 46.8 Å². The first-order valence-electron chi connectivity index (χ1n) is 9.92. The summed E-state index contributed by atoms with van der Waals surface area (Å²) in [5.41, 5.74) is 5.99. The molecule has 0 atom stereocenters. The molecule has 1 amide bonds. The van der Waals surface area contributed by atoms with Gasteiger partial charge in [0.15, 0.2) is 5.78 Å². The van der Waals surface area contributed by atoms with Gasteiger partial charge in [-0.2, -0.15) is 0 Å². The lowest BCUT2D eigenvalue weighted by Crippen LogP contribution is -2.23. The Kier molecular flexibility index (Phi) is 5.18. The first-order chi connectivity index (χ1) is 14.0. The Morgan fingerprint density at radius 2 is 1.97 bits per heavy atom. The average molecular weight is 385 g/mol. The standard InChI is InChI=1S/C24H23N3O2/c1-16-11-20(28)13-18-6-7-19(14-21(16)18)26-24(29)22-12-17(15-25-2)5-8-23(22)27-9-3-4-10-27/h5-8,11-12,14H,3-4,9-10,13,15H2,1H3,(H,26,29). The van der Waals surface area contributed by atoms with Crippen LogP contribution in [0.2, 0.25) is 0 Å². The zero-order chi connectivity index (χ0) is 20.4. The number of hydrogen-bond donors (Lipinski definition) is 1. The fourth-order valence-electron chi connectivity index (χ4n) is 4.12. The number of carbonyl (C=O) groups excluding carboxylic acids is 2. The Labute approximate surface area is 170 Å². The Balaban J connectivity index is 1.64. The molecule has 29 heavy (non-hydrogen) atoms. The second-order valence-electron chi connectivity index (χ2n) is 7.66. The minimum atomic E-state index is -0.174. The summed E-state index contributed by atoms with van der Waals surface area (Å²) in [5.74, 6) is -0.0640. The summed E-state index contributed by atoms with van der Waals surface area (Å²) < 4.78 is 0. The molecule has 0 spiro atoms. The van der Waals surface area contributed by atoms with Crippen molar-refractivity contribution in [2.45, 2.75) is 32.7 Å². The second-order valence-corrected chi connectivity index (χ2v) is 7.66. The maximum Gasteiger partial charge on any atom is 0.257 e. The van der Waals surface area contributed by atoms with E-state index in [-0.39, 0.29) is 18.2 Å². The van der Waals surface area contributed by atoms with E-state index in [9.17, 15) is 9.59 Å². The van der Waals surface area contributed by atoms with Crippen LogP contribution in [0, 0.1) is 6.57 Å². The maximum absolute atomic E-state index is 13.2. The molecule has 0 aromatic heterocycles. The Morgan fingerprint density at radius 1 is 1.17 bits per heavy atom. The lowest BCUT2D eigenvalue weighted by atomic mass is 9.90. The smallest absolute Gasteiger partial charge is 0.257 e. The summed E-state index contributed by atoms with van der Waals surface area (Å²) in [7, 11) is 0. The summed E-state index contributed by atoms with van der Waals surface area (Å²) in [6, 6.07) is 11.4. The summed E-state index contributed by atoms with van der Waals surface area (Å²) >= 11 is 0. The van der Waals surface area contributed by atoms with E-state index in [2.05, 4.69) is 15.1 Å². The number of nitrogens with one attached hydrogen (secondary N) is 1. The zero-order valence-corrected chi connectivity index (χ0v) is 16.5. The summed E-state index contributed by atoms with van der Waals surface area (Å²) in [6.07, 6.45) is 4.31. The number of benzene rings is 2. The normalized spacial score (nSPS) is 15.5. The Hall–Kier alpha value is -3.39. The first kappa shape index (κ1) is 18.9. The SMILES string of the molecule is [C-]#[N+]Cc1ccc(N2CCCC2)c(C(=O)Nc2ccc3c(c2)C(C)=CC(=O)C3)c1. The average Bonchev–Trinajstić information content (AvgIpc) is 3.23. The number of carbonyl (C=O) groups is 2. The van der Waals surface area contributed by atoms with E-state index >= 15 is 0 Å². The summed E-state index contributed by atoms with van der Waals surface area (Å²) in [6.45, 7) is 11.2. The number of fused-ring (bicyclic) bond motifs is 1. The van der Waals surface area contributed by atoms with Crippen LogP contribution in [0.25, 0.3) is 10.4 Å². The molecule has 1 aliphatic carbocycles. The molecule has 0 saturated carbocycles. The number of rotatable bonds is 4. The number of amides is 1. The third kappa shape index (κ3) is 3.93. The van der Waals surface area contributed by atoms with Crippen molar-refractivity contribution >= 4 is 28.6 Å².